The van der Waals surface area contributed by atoms with Crippen LogP contribution in [0.2, 0.25) is 0 Å². The Hall–Kier alpha value is -2.36. The molecule has 2 aromatic rings. The molecule has 1 aromatic heterocycles. The number of aromatic nitrogens is 1. The zero-order chi connectivity index (χ0) is 14.5. The van der Waals surface area contributed by atoms with Crippen LogP contribution in [0.3, 0.4) is 0 Å². The lowest BCUT2D eigenvalue weighted by Gasteiger charge is -2.14. The number of ether oxygens (including phenoxy) is 1. The summed E-state index contributed by atoms with van der Waals surface area (Å²) in [5, 5.41) is 9.46. The van der Waals surface area contributed by atoms with E-state index < -0.39 is 11.9 Å². The number of para-hydroxylation sites is 1. The fourth-order valence-corrected chi connectivity index (χ4v) is 2.16. The van der Waals surface area contributed by atoms with E-state index in [2.05, 4.69) is 4.98 Å². The molecule has 0 aliphatic heterocycles. The SMILES string of the molecule is COc1ccccc1CC(C(=O)O)c1cc(C)ccn1. The van der Waals surface area contributed by atoms with E-state index in [1.165, 1.54) is 0 Å². The van der Waals surface area contributed by atoms with Gasteiger partial charge in [0.1, 0.15) is 11.7 Å². The highest BCUT2D eigenvalue weighted by atomic mass is 16.5. The lowest BCUT2D eigenvalue weighted by atomic mass is 9.94. The molecule has 0 aliphatic carbocycles. The van der Waals surface area contributed by atoms with Crippen molar-refractivity contribution in [3.8, 4) is 5.75 Å². The molecule has 4 heteroatoms. The van der Waals surface area contributed by atoms with Crippen molar-refractivity contribution < 1.29 is 14.6 Å². The Balaban J connectivity index is 2.33. The number of pyridine rings is 1. The maximum Gasteiger partial charge on any atom is 0.312 e. The first-order valence-electron chi connectivity index (χ1n) is 6.39. The second-order valence-corrected chi connectivity index (χ2v) is 4.66. The van der Waals surface area contributed by atoms with Gasteiger partial charge in [0.25, 0.3) is 0 Å². The van der Waals surface area contributed by atoms with Crippen LogP contribution < -0.4 is 4.74 Å². The molecule has 1 N–H and O–H groups in total. The molecule has 1 atom stereocenters. The molecular weight excluding hydrogens is 254 g/mol. The summed E-state index contributed by atoms with van der Waals surface area (Å²) < 4.78 is 5.27. The van der Waals surface area contributed by atoms with Crippen molar-refractivity contribution in [1.82, 2.24) is 4.98 Å². The van der Waals surface area contributed by atoms with Gasteiger partial charge in [0, 0.05) is 6.20 Å². The maximum atomic E-state index is 11.5. The summed E-state index contributed by atoms with van der Waals surface area (Å²) in [6.45, 7) is 1.92. The van der Waals surface area contributed by atoms with Crippen molar-refractivity contribution in [3.63, 3.8) is 0 Å². The molecule has 1 unspecified atom stereocenters. The summed E-state index contributed by atoms with van der Waals surface area (Å²) in [6, 6.07) is 11.1. The lowest BCUT2D eigenvalue weighted by molar-refractivity contribution is -0.138. The zero-order valence-corrected chi connectivity index (χ0v) is 11.5. The van der Waals surface area contributed by atoms with Gasteiger partial charge in [-0.1, -0.05) is 18.2 Å². The van der Waals surface area contributed by atoms with Gasteiger partial charge in [-0.2, -0.15) is 0 Å². The summed E-state index contributed by atoms with van der Waals surface area (Å²) in [6.07, 6.45) is 2.00. The smallest absolute Gasteiger partial charge is 0.312 e. The normalized spacial score (nSPS) is 11.9. The molecule has 0 saturated heterocycles. The van der Waals surface area contributed by atoms with Crippen LogP contribution >= 0.6 is 0 Å². The molecule has 20 heavy (non-hydrogen) atoms. The number of hydrogen-bond donors (Lipinski definition) is 1. The molecule has 0 spiro atoms. The summed E-state index contributed by atoms with van der Waals surface area (Å²) in [4.78, 5) is 15.7. The second-order valence-electron chi connectivity index (χ2n) is 4.66. The molecular formula is C16H17NO3. The number of carbonyl (C=O) groups is 1. The number of aliphatic carboxylic acids is 1. The Morgan fingerprint density at radius 2 is 2.10 bits per heavy atom. The van der Waals surface area contributed by atoms with Gasteiger partial charge in [0.05, 0.1) is 12.8 Å². The fourth-order valence-electron chi connectivity index (χ4n) is 2.16. The highest BCUT2D eigenvalue weighted by Crippen LogP contribution is 2.26. The van der Waals surface area contributed by atoms with Crippen molar-refractivity contribution in [2.24, 2.45) is 0 Å². The van der Waals surface area contributed by atoms with E-state index in [1.807, 2.05) is 43.3 Å². The summed E-state index contributed by atoms with van der Waals surface area (Å²) >= 11 is 0. The number of rotatable bonds is 5. The van der Waals surface area contributed by atoms with Gasteiger partial charge in [-0.3, -0.25) is 9.78 Å². The lowest BCUT2D eigenvalue weighted by Crippen LogP contribution is -2.16. The number of hydrogen-bond acceptors (Lipinski definition) is 3. The summed E-state index contributed by atoms with van der Waals surface area (Å²) in [5.41, 5.74) is 2.44. The van der Waals surface area contributed by atoms with Crippen molar-refractivity contribution >= 4 is 5.97 Å². The average Bonchev–Trinajstić information content (AvgIpc) is 2.44. The minimum Gasteiger partial charge on any atom is -0.496 e. The van der Waals surface area contributed by atoms with E-state index in [4.69, 9.17) is 4.74 Å². The second kappa shape index (κ2) is 6.19. The molecule has 104 valence electrons. The van der Waals surface area contributed by atoms with Crippen molar-refractivity contribution in [1.29, 1.82) is 0 Å². The van der Waals surface area contributed by atoms with Crippen LogP contribution in [-0.2, 0) is 11.2 Å². The Morgan fingerprint density at radius 1 is 1.35 bits per heavy atom. The third-order valence-corrected chi connectivity index (χ3v) is 3.21. The number of benzene rings is 1. The third kappa shape index (κ3) is 3.15. The van der Waals surface area contributed by atoms with Gasteiger partial charge >= 0.3 is 5.97 Å². The van der Waals surface area contributed by atoms with Crippen LogP contribution in [0.4, 0.5) is 0 Å². The van der Waals surface area contributed by atoms with Crippen LogP contribution in [0.1, 0.15) is 22.7 Å². The summed E-state index contributed by atoms with van der Waals surface area (Å²) in [5.74, 6) is -0.855. The van der Waals surface area contributed by atoms with E-state index in [9.17, 15) is 9.90 Å². The van der Waals surface area contributed by atoms with Gasteiger partial charge in [-0.05, 0) is 42.7 Å². The van der Waals surface area contributed by atoms with E-state index in [1.54, 1.807) is 13.3 Å². The molecule has 4 nitrogen and oxygen atoms in total. The Bertz CT molecular complexity index is 610. The highest BCUT2D eigenvalue weighted by Gasteiger charge is 2.23. The first-order chi connectivity index (χ1) is 9.61. The highest BCUT2D eigenvalue weighted by molar-refractivity contribution is 5.76. The van der Waals surface area contributed by atoms with Crippen LogP contribution in [0, 0.1) is 6.92 Å². The van der Waals surface area contributed by atoms with Gasteiger partial charge < -0.3 is 9.84 Å². The standard InChI is InChI=1S/C16H17NO3/c1-11-7-8-17-14(9-11)13(16(18)19)10-12-5-3-4-6-15(12)20-2/h3-9,13H,10H2,1-2H3,(H,18,19). The summed E-state index contributed by atoms with van der Waals surface area (Å²) in [7, 11) is 1.58. The Morgan fingerprint density at radius 3 is 2.75 bits per heavy atom. The molecule has 1 aromatic carbocycles. The van der Waals surface area contributed by atoms with Gasteiger partial charge in [-0.15, -0.1) is 0 Å². The minimum absolute atomic E-state index is 0.357. The Labute approximate surface area is 118 Å². The van der Waals surface area contributed by atoms with Gasteiger partial charge in [0.2, 0.25) is 0 Å². The number of aryl methyl sites for hydroxylation is 1. The fraction of sp³-hybridized carbons (Fsp3) is 0.250. The number of carboxylic acid groups (broad SMARTS) is 1. The quantitative estimate of drug-likeness (QED) is 0.908. The molecule has 0 bridgehead atoms. The molecule has 0 aliphatic rings. The van der Waals surface area contributed by atoms with Crippen LogP contribution in [0.15, 0.2) is 42.6 Å². The van der Waals surface area contributed by atoms with Crippen molar-refractivity contribution in [2.75, 3.05) is 7.11 Å². The topological polar surface area (TPSA) is 59.4 Å². The van der Waals surface area contributed by atoms with Gasteiger partial charge in [0.15, 0.2) is 0 Å². The molecule has 0 saturated carbocycles. The molecule has 2 rings (SSSR count). The first kappa shape index (κ1) is 14.1. The van der Waals surface area contributed by atoms with Crippen molar-refractivity contribution in [2.45, 2.75) is 19.3 Å². The average molecular weight is 271 g/mol. The third-order valence-electron chi connectivity index (χ3n) is 3.21. The van der Waals surface area contributed by atoms with Crippen molar-refractivity contribution in [3.05, 3.63) is 59.4 Å². The molecule has 0 radical (unpaired) electrons. The van der Waals surface area contributed by atoms with E-state index in [0.717, 1.165) is 11.1 Å². The number of carboxylic acids is 1. The van der Waals surface area contributed by atoms with Gasteiger partial charge in [-0.25, -0.2) is 0 Å². The molecule has 0 fully saturated rings. The predicted molar refractivity (Wildman–Crippen MR) is 76.0 cm³/mol. The minimum atomic E-state index is -0.881. The van der Waals surface area contributed by atoms with Crippen LogP contribution in [-0.4, -0.2) is 23.2 Å². The van der Waals surface area contributed by atoms with Crippen LogP contribution in [0.5, 0.6) is 5.75 Å². The first-order valence-corrected chi connectivity index (χ1v) is 6.39. The monoisotopic (exact) mass is 271 g/mol. The number of nitrogens with zero attached hydrogens (tertiary/aromatic N) is 1. The number of methoxy groups -OCH3 is 1. The molecule has 0 amide bonds. The largest absolute Gasteiger partial charge is 0.496 e. The van der Waals surface area contributed by atoms with E-state index in [-0.39, 0.29) is 0 Å². The van der Waals surface area contributed by atoms with E-state index >= 15 is 0 Å². The maximum absolute atomic E-state index is 11.5. The predicted octanol–water partition coefficient (Wildman–Crippen LogP) is 2.81. The van der Waals surface area contributed by atoms with Crippen LogP contribution in [0.25, 0.3) is 0 Å². The Kier molecular flexibility index (Phi) is 4.35. The van der Waals surface area contributed by atoms with E-state index in [0.29, 0.717) is 17.9 Å². The zero-order valence-electron chi connectivity index (χ0n) is 11.5. The molecule has 1 heterocycles.